The summed E-state index contributed by atoms with van der Waals surface area (Å²) in [5.41, 5.74) is 1.12. The highest BCUT2D eigenvalue weighted by molar-refractivity contribution is 5.96. The molecule has 122 valence electrons. The van der Waals surface area contributed by atoms with E-state index in [1.165, 1.54) is 24.3 Å². The van der Waals surface area contributed by atoms with Gasteiger partial charge in [0.15, 0.2) is 0 Å². The molecule has 0 radical (unpaired) electrons. The zero-order chi connectivity index (χ0) is 17.1. The van der Waals surface area contributed by atoms with E-state index in [9.17, 15) is 19.7 Å². The van der Waals surface area contributed by atoms with Crippen LogP contribution in [0.4, 0.5) is 11.4 Å². The van der Waals surface area contributed by atoms with Gasteiger partial charge in [0, 0.05) is 17.8 Å². The van der Waals surface area contributed by atoms with Crippen molar-refractivity contribution in [3.05, 3.63) is 70.3 Å². The summed E-state index contributed by atoms with van der Waals surface area (Å²) in [7, 11) is 0. The molecule has 1 saturated heterocycles. The molecule has 1 amide bonds. The molecule has 1 N–H and O–H groups in total. The van der Waals surface area contributed by atoms with Crippen molar-refractivity contribution in [3.63, 3.8) is 0 Å². The maximum absolute atomic E-state index is 12.5. The lowest BCUT2D eigenvalue weighted by Crippen LogP contribution is -2.25. The number of carbonyl (C=O) groups excluding carboxylic acids is 2. The standard InChI is InChI=1S/C17H14N2O5/c20-15-10-14(16(24-15)11-4-2-1-3-5-11)17(21)18-12-6-8-13(9-7-12)19(22)23/h1-9,14,16H,10H2,(H,18,21)/t14-,16-/m0/s1. The van der Waals surface area contributed by atoms with Crippen molar-refractivity contribution in [2.45, 2.75) is 12.5 Å². The lowest BCUT2D eigenvalue weighted by molar-refractivity contribution is -0.384. The minimum Gasteiger partial charge on any atom is -0.457 e. The Morgan fingerprint density at radius 1 is 1.12 bits per heavy atom. The summed E-state index contributed by atoms with van der Waals surface area (Å²) in [5.74, 6) is -1.42. The molecule has 24 heavy (non-hydrogen) atoms. The average molecular weight is 326 g/mol. The Bertz CT molecular complexity index is 773. The minimum absolute atomic E-state index is 0.00161. The van der Waals surface area contributed by atoms with Crippen LogP contribution < -0.4 is 5.32 Å². The molecular weight excluding hydrogens is 312 g/mol. The third-order valence-electron chi connectivity index (χ3n) is 3.82. The van der Waals surface area contributed by atoms with Gasteiger partial charge in [0.05, 0.1) is 17.3 Å². The number of amides is 1. The van der Waals surface area contributed by atoms with Crippen molar-refractivity contribution in [1.29, 1.82) is 0 Å². The summed E-state index contributed by atoms with van der Waals surface area (Å²) in [6.07, 6.45) is -0.630. The number of anilines is 1. The molecule has 1 aliphatic heterocycles. The number of hydrogen-bond donors (Lipinski definition) is 1. The molecule has 2 aromatic carbocycles. The summed E-state index contributed by atoms with van der Waals surface area (Å²) in [4.78, 5) is 34.3. The lowest BCUT2D eigenvalue weighted by atomic mass is 9.94. The highest BCUT2D eigenvalue weighted by atomic mass is 16.6. The Kier molecular flexibility index (Phi) is 4.24. The van der Waals surface area contributed by atoms with Crippen LogP contribution in [0, 0.1) is 16.0 Å². The normalized spacial score (nSPS) is 19.6. The zero-order valence-corrected chi connectivity index (χ0v) is 12.5. The van der Waals surface area contributed by atoms with Crippen molar-refractivity contribution in [1.82, 2.24) is 0 Å². The van der Waals surface area contributed by atoms with Gasteiger partial charge in [-0.05, 0) is 17.7 Å². The first kappa shape index (κ1) is 15.7. The molecule has 0 unspecified atom stereocenters. The molecule has 0 spiro atoms. The molecule has 1 aliphatic rings. The molecule has 7 nitrogen and oxygen atoms in total. The molecule has 0 aliphatic carbocycles. The summed E-state index contributed by atoms with van der Waals surface area (Å²) >= 11 is 0. The van der Waals surface area contributed by atoms with Gasteiger partial charge in [-0.3, -0.25) is 19.7 Å². The molecule has 1 heterocycles. The number of nitrogens with zero attached hydrogens (tertiary/aromatic N) is 1. The molecule has 2 aromatic rings. The molecule has 0 saturated carbocycles. The lowest BCUT2D eigenvalue weighted by Gasteiger charge is -2.17. The van der Waals surface area contributed by atoms with Crippen molar-refractivity contribution in [2.24, 2.45) is 5.92 Å². The van der Waals surface area contributed by atoms with Crippen molar-refractivity contribution in [3.8, 4) is 0 Å². The van der Waals surface area contributed by atoms with Gasteiger partial charge in [0.1, 0.15) is 6.10 Å². The van der Waals surface area contributed by atoms with Gasteiger partial charge in [-0.2, -0.15) is 0 Å². The van der Waals surface area contributed by atoms with E-state index in [4.69, 9.17) is 4.74 Å². The van der Waals surface area contributed by atoms with Crippen LogP contribution in [0.5, 0.6) is 0 Å². The molecule has 1 fully saturated rings. The largest absolute Gasteiger partial charge is 0.457 e. The van der Waals surface area contributed by atoms with Crippen LogP contribution in [0.15, 0.2) is 54.6 Å². The van der Waals surface area contributed by atoms with Crippen molar-refractivity contribution in [2.75, 3.05) is 5.32 Å². The van der Waals surface area contributed by atoms with Gasteiger partial charge in [0.2, 0.25) is 5.91 Å². The number of carbonyl (C=O) groups is 2. The first-order chi connectivity index (χ1) is 11.5. The molecule has 0 bridgehead atoms. The quantitative estimate of drug-likeness (QED) is 0.529. The number of hydrogen-bond acceptors (Lipinski definition) is 5. The van der Waals surface area contributed by atoms with Crippen LogP contribution in [0.3, 0.4) is 0 Å². The van der Waals surface area contributed by atoms with Gasteiger partial charge in [-0.25, -0.2) is 0 Å². The topological polar surface area (TPSA) is 98.5 Å². The average Bonchev–Trinajstić information content (AvgIpc) is 2.98. The first-order valence-electron chi connectivity index (χ1n) is 7.34. The highest BCUT2D eigenvalue weighted by Gasteiger charge is 2.40. The predicted molar refractivity (Wildman–Crippen MR) is 85.1 cm³/mol. The Hall–Kier alpha value is -3.22. The SMILES string of the molecule is O=C1C[C@H](C(=O)Nc2ccc([N+](=O)[O-])cc2)[C@H](c2ccccc2)O1. The maximum Gasteiger partial charge on any atom is 0.307 e. The monoisotopic (exact) mass is 326 g/mol. The Morgan fingerprint density at radius 2 is 1.79 bits per heavy atom. The van der Waals surface area contributed by atoms with E-state index in [1.54, 1.807) is 12.1 Å². The van der Waals surface area contributed by atoms with E-state index in [0.29, 0.717) is 5.69 Å². The molecule has 7 heteroatoms. The Labute approximate surface area is 137 Å². The number of non-ortho nitro benzene ring substituents is 1. The van der Waals surface area contributed by atoms with Gasteiger partial charge in [0.25, 0.3) is 5.69 Å². The van der Waals surface area contributed by atoms with Gasteiger partial charge in [-0.1, -0.05) is 30.3 Å². The van der Waals surface area contributed by atoms with E-state index < -0.39 is 22.9 Å². The number of nitro benzene ring substituents is 1. The Balaban J connectivity index is 1.75. The molecule has 3 rings (SSSR count). The van der Waals surface area contributed by atoms with E-state index >= 15 is 0 Å². The van der Waals surface area contributed by atoms with E-state index in [0.717, 1.165) is 5.56 Å². The van der Waals surface area contributed by atoms with Crippen molar-refractivity contribution >= 4 is 23.3 Å². The van der Waals surface area contributed by atoms with Crippen molar-refractivity contribution < 1.29 is 19.2 Å². The highest BCUT2D eigenvalue weighted by Crippen LogP contribution is 2.36. The van der Waals surface area contributed by atoms with Gasteiger partial charge < -0.3 is 10.1 Å². The third-order valence-corrected chi connectivity index (χ3v) is 3.82. The summed E-state index contributed by atoms with van der Waals surface area (Å²) < 4.78 is 5.28. The maximum atomic E-state index is 12.5. The van der Waals surface area contributed by atoms with Gasteiger partial charge in [-0.15, -0.1) is 0 Å². The number of rotatable bonds is 4. The number of benzene rings is 2. The zero-order valence-electron chi connectivity index (χ0n) is 12.5. The van der Waals surface area contributed by atoms with Crippen LogP contribution in [-0.4, -0.2) is 16.8 Å². The minimum atomic E-state index is -0.643. The van der Waals surface area contributed by atoms with E-state index in [-0.39, 0.29) is 18.0 Å². The van der Waals surface area contributed by atoms with Gasteiger partial charge >= 0.3 is 5.97 Å². The first-order valence-corrected chi connectivity index (χ1v) is 7.34. The Morgan fingerprint density at radius 3 is 2.42 bits per heavy atom. The van der Waals surface area contributed by atoms with E-state index in [1.807, 2.05) is 18.2 Å². The fraction of sp³-hybridized carbons (Fsp3) is 0.176. The summed E-state index contributed by atoms with van der Waals surface area (Å²) in [5, 5.41) is 13.3. The number of esters is 1. The fourth-order valence-corrected chi connectivity index (χ4v) is 2.63. The van der Waals surface area contributed by atoms with Crippen LogP contribution >= 0.6 is 0 Å². The van der Waals surface area contributed by atoms with Crippen LogP contribution in [0.2, 0.25) is 0 Å². The number of ether oxygens (including phenoxy) is 1. The van der Waals surface area contributed by atoms with Crippen LogP contribution in [0.25, 0.3) is 0 Å². The second-order valence-corrected chi connectivity index (χ2v) is 5.42. The number of cyclic esters (lactones) is 1. The molecule has 2 atom stereocenters. The summed E-state index contributed by atoms with van der Waals surface area (Å²) in [6, 6.07) is 14.6. The van der Waals surface area contributed by atoms with Crippen LogP contribution in [-0.2, 0) is 14.3 Å². The molecule has 0 aromatic heterocycles. The summed E-state index contributed by atoms with van der Waals surface area (Å²) in [6.45, 7) is 0. The third kappa shape index (κ3) is 3.24. The predicted octanol–water partition coefficient (Wildman–Crippen LogP) is 2.84. The smallest absolute Gasteiger partial charge is 0.307 e. The second-order valence-electron chi connectivity index (χ2n) is 5.42. The second kappa shape index (κ2) is 6.49. The number of nitrogens with one attached hydrogen (secondary N) is 1. The van der Waals surface area contributed by atoms with Crippen LogP contribution in [0.1, 0.15) is 18.1 Å². The number of nitro groups is 1. The fourth-order valence-electron chi connectivity index (χ4n) is 2.63. The molecular formula is C17H14N2O5. The van der Waals surface area contributed by atoms with E-state index in [2.05, 4.69) is 5.32 Å².